The van der Waals surface area contributed by atoms with E-state index >= 15 is 0 Å². The number of anilines is 1. The Kier molecular flexibility index (Phi) is 4.45. The highest BCUT2D eigenvalue weighted by Crippen LogP contribution is 2.32. The highest BCUT2D eigenvalue weighted by Gasteiger charge is 2.27. The maximum atomic E-state index is 10.5. The molecule has 1 aliphatic heterocycles. The summed E-state index contributed by atoms with van der Waals surface area (Å²) in [6.45, 7) is 6.57. The van der Waals surface area contributed by atoms with Gasteiger partial charge in [-0.05, 0) is 18.3 Å². The zero-order chi connectivity index (χ0) is 13.1. The van der Waals surface area contributed by atoms with E-state index in [1.807, 2.05) is 0 Å². The summed E-state index contributed by atoms with van der Waals surface area (Å²) in [6, 6.07) is 0. The Hall–Kier alpha value is -0.820. The van der Waals surface area contributed by atoms with Crippen LogP contribution in [0, 0.1) is 11.8 Å². The SMILES string of the molecule is CC(C)C1CCN(c2nnc(SCC(=O)O)s2)C1. The van der Waals surface area contributed by atoms with Gasteiger partial charge < -0.3 is 10.0 Å². The predicted octanol–water partition coefficient (Wildman–Crippen LogP) is 2.20. The van der Waals surface area contributed by atoms with E-state index in [1.54, 1.807) is 0 Å². The van der Waals surface area contributed by atoms with Crippen molar-refractivity contribution in [3.8, 4) is 0 Å². The summed E-state index contributed by atoms with van der Waals surface area (Å²) in [5.74, 6) is 0.647. The van der Waals surface area contributed by atoms with E-state index in [0.717, 1.165) is 28.5 Å². The van der Waals surface area contributed by atoms with E-state index in [1.165, 1.54) is 29.5 Å². The number of nitrogens with zero attached hydrogens (tertiary/aromatic N) is 3. The third-order valence-electron chi connectivity index (χ3n) is 3.15. The van der Waals surface area contributed by atoms with Crippen molar-refractivity contribution >= 4 is 34.2 Å². The van der Waals surface area contributed by atoms with Gasteiger partial charge in [0.05, 0.1) is 5.75 Å². The second-order valence-corrected chi connectivity index (χ2v) is 6.95. The maximum Gasteiger partial charge on any atom is 0.313 e. The average molecular weight is 287 g/mol. The lowest BCUT2D eigenvalue weighted by Gasteiger charge is -2.16. The molecule has 0 aromatic carbocycles. The topological polar surface area (TPSA) is 66.3 Å². The van der Waals surface area contributed by atoms with Crippen LogP contribution >= 0.6 is 23.1 Å². The van der Waals surface area contributed by atoms with E-state index in [0.29, 0.717) is 5.92 Å². The first-order valence-corrected chi connectivity index (χ1v) is 7.79. The fourth-order valence-corrected chi connectivity index (χ4v) is 3.61. The first-order chi connectivity index (χ1) is 8.56. The molecule has 0 radical (unpaired) electrons. The molecule has 7 heteroatoms. The van der Waals surface area contributed by atoms with Crippen molar-refractivity contribution in [2.24, 2.45) is 11.8 Å². The van der Waals surface area contributed by atoms with Crippen LogP contribution in [0.25, 0.3) is 0 Å². The highest BCUT2D eigenvalue weighted by atomic mass is 32.2. The van der Waals surface area contributed by atoms with Crippen LogP contribution in [0.1, 0.15) is 20.3 Å². The van der Waals surface area contributed by atoms with Crippen LogP contribution in [0.3, 0.4) is 0 Å². The van der Waals surface area contributed by atoms with Crippen LogP contribution in [-0.4, -0.2) is 40.1 Å². The number of carboxylic acids is 1. The number of carbonyl (C=O) groups is 1. The van der Waals surface area contributed by atoms with Crippen molar-refractivity contribution in [3.05, 3.63) is 0 Å². The number of thioether (sulfide) groups is 1. The van der Waals surface area contributed by atoms with Gasteiger partial charge in [0.1, 0.15) is 0 Å². The third-order valence-corrected chi connectivity index (χ3v) is 5.26. The third kappa shape index (κ3) is 3.35. The molecule has 0 saturated carbocycles. The van der Waals surface area contributed by atoms with Crippen LogP contribution in [0.5, 0.6) is 0 Å². The Morgan fingerprint density at radius 3 is 3.00 bits per heavy atom. The van der Waals surface area contributed by atoms with Gasteiger partial charge in [-0.1, -0.05) is 36.9 Å². The van der Waals surface area contributed by atoms with Crippen LogP contribution in [-0.2, 0) is 4.79 Å². The number of hydrogen-bond donors (Lipinski definition) is 1. The van der Waals surface area contributed by atoms with Gasteiger partial charge in [0.25, 0.3) is 0 Å². The van der Waals surface area contributed by atoms with Crippen LogP contribution in [0.4, 0.5) is 5.13 Å². The van der Waals surface area contributed by atoms with Gasteiger partial charge in [-0.2, -0.15) is 0 Å². The highest BCUT2D eigenvalue weighted by molar-refractivity contribution is 8.01. The lowest BCUT2D eigenvalue weighted by molar-refractivity contribution is -0.133. The fraction of sp³-hybridized carbons (Fsp3) is 0.727. The monoisotopic (exact) mass is 287 g/mol. The molecule has 1 aromatic heterocycles. The minimum Gasteiger partial charge on any atom is -0.481 e. The summed E-state index contributed by atoms with van der Waals surface area (Å²) in [7, 11) is 0. The molecule has 100 valence electrons. The Bertz CT molecular complexity index is 422. The lowest BCUT2D eigenvalue weighted by atomic mass is 9.95. The molecular formula is C11H17N3O2S2. The van der Waals surface area contributed by atoms with Crippen molar-refractivity contribution < 1.29 is 9.90 Å². The van der Waals surface area contributed by atoms with Crippen molar-refractivity contribution in [1.29, 1.82) is 0 Å². The first kappa shape index (κ1) is 13.6. The van der Waals surface area contributed by atoms with Crippen molar-refractivity contribution in [1.82, 2.24) is 10.2 Å². The summed E-state index contributed by atoms with van der Waals surface area (Å²) < 4.78 is 0.736. The fourth-order valence-electron chi connectivity index (χ4n) is 2.02. The lowest BCUT2D eigenvalue weighted by Crippen LogP contribution is -2.20. The van der Waals surface area contributed by atoms with Gasteiger partial charge in [-0.15, -0.1) is 10.2 Å². The van der Waals surface area contributed by atoms with Gasteiger partial charge in [0.15, 0.2) is 4.34 Å². The minimum atomic E-state index is -0.821. The second kappa shape index (κ2) is 5.88. The number of aromatic nitrogens is 2. The predicted molar refractivity (Wildman–Crippen MR) is 73.4 cm³/mol. The summed E-state index contributed by atoms with van der Waals surface area (Å²) in [6.07, 6.45) is 1.20. The quantitative estimate of drug-likeness (QED) is 0.837. The Balaban J connectivity index is 1.92. The van der Waals surface area contributed by atoms with Crippen LogP contribution in [0.2, 0.25) is 0 Å². The van der Waals surface area contributed by atoms with Gasteiger partial charge >= 0.3 is 5.97 Å². The second-order valence-electron chi connectivity index (χ2n) is 4.77. The van der Waals surface area contributed by atoms with Crippen molar-refractivity contribution in [2.75, 3.05) is 23.7 Å². The summed E-state index contributed by atoms with van der Waals surface area (Å²) in [5, 5.41) is 17.7. The molecule has 0 amide bonds. The Labute approximate surface area is 115 Å². The molecule has 0 aliphatic carbocycles. The molecule has 1 atom stereocenters. The van der Waals surface area contributed by atoms with E-state index in [2.05, 4.69) is 28.9 Å². The molecule has 2 heterocycles. The molecule has 1 aliphatic rings. The molecule has 1 fully saturated rings. The standard InChI is InChI=1S/C11H17N3O2S2/c1-7(2)8-3-4-14(5-8)10-12-13-11(18-10)17-6-9(15)16/h7-8H,3-6H2,1-2H3,(H,15,16). The Morgan fingerprint density at radius 2 is 2.39 bits per heavy atom. The largest absolute Gasteiger partial charge is 0.481 e. The number of aliphatic carboxylic acids is 1. The number of carboxylic acid groups (broad SMARTS) is 1. The van der Waals surface area contributed by atoms with E-state index in [9.17, 15) is 4.79 Å². The van der Waals surface area contributed by atoms with Crippen LogP contribution < -0.4 is 4.90 Å². The van der Waals surface area contributed by atoms with Gasteiger partial charge in [-0.3, -0.25) is 4.79 Å². The van der Waals surface area contributed by atoms with Gasteiger partial charge in [0.2, 0.25) is 5.13 Å². The molecule has 2 rings (SSSR count). The molecule has 0 spiro atoms. The Morgan fingerprint density at radius 1 is 1.61 bits per heavy atom. The smallest absolute Gasteiger partial charge is 0.313 e. The zero-order valence-electron chi connectivity index (χ0n) is 10.5. The first-order valence-electron chi connectivity index (χ1n) is 5.99. The van der Waals surface area contributed by atoms with E-state index in [-0.39, 0.29) is 5.75 Å². The molecule has 18 heavy (non-hydrogen) atoms. The molecular weight excluding hydrogens is 270 g/mol. The van der Waals surface area contributed by atoms with Gasteiger partial charge in [-0.25, -0.2) is 0 Å². The van der Waals surface area contributed by atoms with Gasteiger partial charge in [0, 0.05) is 13.1 Å². The molecule has 5 nitrogen and oxygen atoms in total. The van der Waals surface area contributed by atoms with Crippen molar-refractivity contribution in [3.63, 3.8) is 0 Å². The van der Waals surface area contributed by atoms with E-state index < -0.39 is 5.97 Å². The maximum absolute atomic E-state index is 10.5. The normalized spacial score (nSPS) is 19.7. The molecule has 0 bridgehead atoms. The minimum absolute atomic E-state index is 0.0449. The van der Waals surface area contributed by atoms with Crippen LogP contribution in [0.15, 0.2) is 4.34 Å². The molecule has 1 N–H and O–H groups in total. The van der Waals surface area contributed by atoms with Crippen molar-refractivity contribution in [2.45, 2.75) is 24.6 Å². The summed E-state index contributed by atoms with van der Waals surface area (Å²) in [4.78, 5) is 12.7. The number of rotatable bonds is 5. The summed E-state index contributed by atoms with van der Waals surface area (Å²) >= 11 is 2.72. The molecule has 1 unspecified atom stereocenters. The average Bonchev–Trinajstić information content (AvgIpc) is 2.95. The molecule has 1 saturated heterocycles. The zero-order valence-corrected chi connectivity index (χ0v) is 12.1. The summed E-state index contributed by atoms with van der Waals surface area (Å²) in [5.41, 5.74) is 0. The molecule has 1 aromatic rings. The number of hydrogen-bond acceptors (Lipinski definition) is 6. The van der Waals surface area contributed by atoms with E-state index in [4.69, 9.17) is 5.11 Å².